The molecule has 0 unspecified atom stereocenters. The average Bonchev–Trinajstić information content (AvgIpc) is 3.39. The van der Waals surface area contributed by atoms with Gasteiger partial charge in [0.2, 0.25) is 0 Å². The molecule has 1 aromatic carbocycles. The summed E-state index contributed by atoms with van der Waals surface area (Å²) in [4.78, 5) is 36.3. The Hall–Kier alpha value is -4.49. The third kappa shape index (κ3) is 3.48. The van der Waals surface area contributed by atoms with Crippen molar-refractivity contribution in [2.24, 2.45) is 0 Å². The van der Waals surface area contributed by atoms with E-state index >= 15 is 0 Å². The first kappa shape index (κ1) is 21.4. The third-order valence-electron chi connectivity index (χ3n) is 5.32. The van der Waals surface area contributed by atoms with Crippen LogP contribution in [0.15, 0.2) is 59.0 Å². The fraction of sp³-hybridized carbons (Fsp3) is 0.125. The molecule has 4 heterocycles. The van der Waals surface area contributed by atoms with Crippen molar-refractivity contribution in [3.63, 3.8) is 0 Å². The minimum atomic E-state index is -0.610. The largest absolute Gasteiger partial charge is 0.381 e. The monoisotopic (exact) mass is 469 g/mol. The van der Waals surface area contributed by atoms with E-state index in [0.29, 0.717) is 33.1 Å². The van der Waals surface area contributed by atoms with E-state index < -0.39 is 11.9 Å². The van der Waals surface area contributed by atoms with Crippen molar-refractivity contribution >= 4 is 33.7 Å². The summed E-state index contributed by atoms with van der Waals surface area (Å²) in [6.45, 7) is 3.49. The van der Waals surface area contributed by atoms with Gasteiger partial charge in [-0.25, -0.2) is 18.9 Å². The zero-order valence-corrected chi connectivity index (χ0v) is 19.1. The topological polar surface area (TPSA) is 120 Å². The predicted octanol–water partition coefficient (Wildman–Crippen LogP) is 2.91. The molecule has 0 saturated carbocycles. The van der Waals surface area contributed by atoms with E-state index in [1.54, 1.807) is 37.7 Å². The minimum Gasteiger partial charge on any atom is -0.381 e. The van der Waals surface area contributed by atoms with Crippen molar-refractivity contribution in [1.82, 2.24) is 29.3 Å². The quantitative estimate of drug-likeness (QED) is 0.391. The van der Waals surface area contributed by atoms with Crippen molar-refractivity contribution in [3.05, 3.63) is 81.5 Å². The molecule has 0 aliphatic carbocycles. The van der Waals surface area contributed by atoms with Gasteiger partial charge in [0.05, 0.1) is 17.3 Å². The van der Waals surface area contributed by atoms with Crippen LogP contribution in [0.3, 0.4) is 0 Å². The van der Waals surface area contributed by atoms with Gasteiger partial charge in [0, 0.05) is 17.8 Å². The lowest BCUT2D eigenvalue weighted by Gasteiger charge is -2.17. The highest BCUT2D eigenvalue weighted by Gasteiger charge is 2.25. The van der Waals surface area contributed by atoms with Crippen LogP contribution in [0.5, 0.6) is 0 Å². The van der Waals surface area contributed by atoms with Gasteiger partial charge in [-0.05, 0) is 31.4 Å². The number of nitrogens with zero attached hydrogens (tertiary/aromatic N) is 5. The molecule has 9 nitrogen and oxygen atoms in total. The van der Waals surface area contributed by atoms with Gasteiger partial charge in [-0.15, -0.1) is 16.4 Å². The number of fused-ring (bicyclic) bond motifs is 2. The van der Waals surface area contributed by atoms with Crippen LogP contribution < -0.4 is 16.6 Å². The van der Waals surface area contributed by atoms with Gasteiger partial charge >= 0.3 is 0 Å². The molecule has 1 atom stereocenters. The molecular formula is C24H19N7O2S. The number of rotatable bonds is 4. The summed E-state index contributed by atoms with van der Waals surface area (Å²) in [6.07, 6.45) is 3.23. The maximum Gasteiger partial charge on any atom is 0.267 e. The van der Waals surface area contributed by atoms with Crippen LogP contribution in [0.2, 0.25) is 0 Å². The number of nitrogens with one attached hydrogen (secondary N) is 1. The van der Waals surface area contributed by atoms with Crippen LogP contribution in [0, 0.1) is 11.8 Å². The number of amides is 1. The predicted molar refractivity (Wildman–Crippen MR) is 131 cm³/mol. The normalized spacial score (nSPS) is 11.8. The molecule has 0 radical (unpaired) electrons. The molecule has 1 amide bonds. The van der Waals surface area contributed by atoms with E-state index in [4.69, 9.17) is 10.7 Å². The Morgan fingerprint density at radius 1 is 1.24 bits per heavy atom. The highest BCUT2D eigenvalue weighted by molar-refractivity contribution is 7.15. The van der Waals surface area contributed by atoms with Gasteiger partial charge in [-0.1, -0.05) is 36.3 Å². The number of aromatic nitrogens is 5. The number of anilines is 1. The first-order chi connectivity index (χ1) is 16.5. The molecule has 34 heavy (non-hydrogen) atoms. The van der Waals surface area contributed by atoms with Crippen LogP contribution in [0.25, 0.3) is 21.7 Å². The number of nitrogens with two attached hydrogens (primary N) is 1. The van der Waals surface area contributed by atoms with Crippen molar-refractivity contribution in [1.29, 1.82) is 0 Å². The van der Waals surface area contributed by atoms with Gasteiger partial charge in [0.15, 0.2) is 16.4 Å². The molecule has 0 fully saturated rings. The third-order valence-corrected chi connectivity index (χ3v) is 6.15. The van der Waals surface area contributed by atoms with Crippen LogP contribution in [-0.2, 0) is 0 Å². The smallest absolute Gasteiger partial charge is 0.267 e. The lowest BCUT2D eigenvalue weighted by molar-refractivity contribution is 0.0941. The summed E-state index contributed by atoms with van der Waals surface area (Å²) in [6, 6.07) is 10.3. The van der Waals surface area contributed by atoms with Gasteiger partial charge in [0.1, 0.15) is 11.3 Å². The number of carbonyl (C=O) groups is 1. The van der Waals surface area contributed by atoms with Crippen molar-refractivity contribution in [2.75, 3.05) is 5.73 Å². The first-order valence-electron chi connectivity index (χ1n) is 10.4. The maximum absolute atomic E-state index is 13.7. The molecule has 0 aliphatic heterocycles. The Balaban J connectivity index is 1.64. The number of benzene rings is 1. The Kier molecular flexibility index (Phi) is 5.31. The highest BCUT2D eigenvalue weighted by atomic mass is 32.1. The molecule has 0 spiro atoms. The molecule has 0 bridgehead atoms. The zero-order chi connectivity index (χ0) is 23.8. The number of nitrogen functional groups attached to an aromatic ring is 1. The average molecular weight is 470 g/mol. The van der Waals surface area contributed by atoms with Crippen LogP contribution in [0.4, 0.5) is 5.82 Å². The van der Waals surface area contributed by atoms with Gasteiger partial charge in [-0.3, -0.25) is 9.59 Å². The van der Waals surface area contributed by atoms with E-state index in [0.717, 1.165) is 0 Å². The fourth-order valence-corrected chi connectivity index (χ4v) is 4.65. The van der Waals surface area contributed by atoms with Gasteiger partial charge < -0.3 is 11.1 Å². The lowest BCUT2D eigenvalue weighted by Crippen LogP contribution is -2.30. The number of thiazole rings is 1. The van der Waals surface area contributed by atoms with Crippen molar-refractivity contribution in [3.8, 4) is 23.0 Å². The maximum atomic E-state index is 13.7. The van der Waals surface area contributed by atoms with Crippen LogP contribution in [-0.4, -0.2) is 29.9 Å². The fourth-order valence-electron chi connectivity index (χ4n) is 3.83. The van der Waals surface area contributed by atoms with Crippen LogP contribution in [0.1, 0.15) is 41.6 Å². The summed E-state index contributed by atoms with van der Waals surface area (Å²) >= 11 is 1.32. The van der Waals surface area contributed by atoms with E-state index in [1.165, 1.54) is 20.3 Å². The lowest BCUT2D eigenvalue weighted by atomic mass is 10.0. The van der Waals surface area contributed by atoms with E-state index in [2.05, 4.69) is 27.2 Å². The first-order valence-corrected chi connectivity index (χ1v) is 11.3. The molecule has 168 valence electrons. The number of hydrogen-bond donors (Lipinski definition) is 2. The summed E-state index contributed by atoms with van der Waals surface area (Å²) in [5.74, 6) is 5.40. The number of hydrogen-bond acceptors (Lipinski definition) is 7. The summed E-state index contributed by atoms with van der Waals surface area (Å²) < 4.78 is 2.96. The minimum absolute atomic E-state index is 0.0659. The second-order valence-corrected chi connectivity index (χ2v) is 8.34. The second-order valence-electron chi connectivity index (χ2n) is 7.50. The molecule has 5 rings (SSSR count). The molecule has 0 saturated heterocycles. The summed E-state index contributed by atoms with van der Waals surface area (Å²) in [5, 5.41) is 8.86. The molecule has 0 aliphatic rings. The molecule has 5 aromatic rings. The molecule has 10 heteroatoms. The summed E-state index contributed by atoms with van der Waals surface area (Å²) in [7, 11) is 0. The van der Waals surface area contributed by atoms with Gasteiger partial charge in [-0.2, -0.15) is 0 Å². The second kappa shape index (κ2) is 8.46. The summed E-state index contributed by atoms with van der Waals surface area (Å²) in [5.41, 5.74) is 8.39. The SMILES string of the molecule is CC#Cc1csc2nc([C@@H](C)NC(=O)c3c(N)nn4cccnc34)c(-c3ccccc3)c(=O)n12. The molecule has 4 aromatic heterocycles. The van der Waals surface area contributed by atoms with Crippen molar-refractivity contribution in [2.45, 2.75) is 19.9 Å². The highest BCUT2D eigenvalue weighted by Crippen LogP contribution is 2.27. The molecular weight excluding hydrogens is 450 g/mol. The van der Waals surface area contributed by atoms with Crippen molar-refractivity contribution < 1.29 is 4.79 Å². The standard InChI is InChI=1S/C24H19N7O2S/c1-3-8-16-13-34-24-28-19(17(23(33)31(16)24)15-9-5-4-6-10-15)14(2)27-22(32)18-20(25)29-30-12-7-11-26-21(18)30/h4-7,9-14H,1-2H3,(H2,25,29)(H,27,32)/t14-/m1/s1. The Bertz CT molecular complexity index is 1670. The van der Waals surface area contributed by atoms with E-state index in [-0.39, 0.29) is 16.9 Å². The Morgan fingerprint density at radius 2 is 2.03 bits per heavy atom. The van der Waals surface area contributed by atoms with E-state index in [9.17, 15) is 9.59 Å². The Labute approximate surface area is 197 Å². The molecule has 3 N–H and O–H groups in total. The Morgan fingerprint density at radius 3 is 2.79 bits per heavy atom. The van der Waals surface area contributed by atoms with Gasteiger partial charge in [0.25, 0.3) is 11.5 Å². The van der Waals surface area contributed by atoms with Crippen LogP contribution >= 0.6 is 11.3 Å². The van der Waals surface area contributed by atoms with E-state index in [1.807, 2.05) is 30.3 Å². The number of carbonyl (C=O) groups excluding carboxylic acids is 1. The zero-order valence-electron chi connectivity index (χ0n) is 18.3.